The lowest BCUT2D eigenvalue weighted by Crippen LogP contribution is -2.25. The topological polar surface area (TPSA) is 55.1 Å². The number of thiophene rings is 1. The molecular weight excluding hydrogens is 303 g/mol. The average molecular weight is 318 g/mol. The van der Waals surface area contributed by atoms with Crippen LogP contribution in [0.15, 0.2) is 29.1 Å². The second-order valence-corrected chi connectivity index (χ2v) is 6.26. The quantitative estimate of drug-likeness (QED) is 0.808. The van der Waals surface area contributed by atoms with Gasteiger partial charge in [0.15, 0.2) is 0 Å². The fourth-order valence-electron chi connectivity index (χ4n) is 2.62. The van der Waals surface area contributed by atoms with Crippen LogP contribution in [0.25, 0.3) is 21.3 Å². The molecule has 0 atom stereocenters. The summed E-state index contributed by atoms with van der Waals surface area (Å²) in [4.78, 5) is 18.9. The summed E-state index contributed by atoms with van der Waals surface area (Å²) in [5, 5.41) is 9.67. The van der Waals surface area contributed by atoms with Crippen molar-refractivity contribution in [1.29, 1.82) is 0 Å². The first-order chi connectivity index (χ1) is 10.5. The number of halogens is 1. The summed E-state index contributed by atoms with van der Waals surface area (Å²) in [5.41, 5.74) is 1.42. The molecule has 22 heavy (non-hydrogen) atoms. The lowest BCUT2D eigenvalue weighted by molar-refractivity contribution is 0.272. The maximum absolute atomic E-state index is 13.1. The van der Waals surface area contributed by atoms with Gasteiger partial charge in [0.25, 0.3) is 5.56 Å². The number of hydrogen-bond donors (Lipinski definition) is 1. The smallest absolute Gasteiger partial charge is 0.262 e. The molecule has 1 N–H and O–H groups in total. The minimum atomic E-state index is -0.312. The van der Waals surface area contributed by atoms with Crippen LogP contribution in [0, 0.1) is 19.7 Å². The highest BCUT2D eigenvalue weighted by Crippen LogP contribution is 2.35. The molecule has 0 aliphatic heterocycles. The number of aliphatic hydroxyl groups is 1. The van der Waals surface area contributed by atoms with Crippen molar-refractivity contribution in [2.75, 3.05) is 6.61 Å². The highest BCUT2D eigenvalue weighted by molar-refractivity contribution is 7.19. The third-order valence-corrected chi connectivity index (χ3v) is 4.63. The minimum Gasteiger partial charge on any atom is -0.395 e. The van der Waals surface area contributed by atoms with Gasteiger partial charge in [-0.1, -0.05) is 12.1 Å². The van der Waals surface area contributed by atoms with Crippen LogP contribution in [-0.4, -0.2) is 21.3 Å². The molecule has 0 saturated carbocycles. The van der Waals surface area contributed by atoms with Gasteiger partial charge in [-0.3, -0.25) is 9.36 Å². The number of hydrogen-bond acceptors (Lipinski definition) is 4. The van der Waals surface area contributed by atoms with Crippen LogP contribution in [0.1, 0.15) is 10.7 Å². The first kappa shape index (κ1) is 14.9. The number of benzene rings is 1. The first-order valence-electron chi connectivity index (χ1n) is 6.90. The number of aryl methyl sites for hydroxylation is 2. The molecule has 1 aromatic carbocycles. The molecule has 3 rings (SSSR count). The van der Waals surface area contributed by atoms with E-state index in [2.05, 4.69) is 4.98 Å². The highest BCUT2D eigenvalue weighted by atomic mass is 32.1. The van der Waals surface area contributed by atoms with Gasteiger partial charge in [-0.15, -0.1) is 11.3 Å². The van der Waals surface area contributed by atoms with E-state index in [0.29, 0.717) is 16.0 Å². The molecule has 0 unspecified atom stereocenters. The summed E-state index contributed by atoms with van der Waals surface area (Å²) in [6.45, 7) is 3.77. The largest absolute Gasteiger partial charge is 0.395 e. The van der Waals surface area contributed by atoms with Gasteiger partial charge in [-0.2, -0.15) is 0 Å². The molecule has 0 radical (unpaired) electrons. The summed E-state index contributed by atoms with van der Waals surface area (Å²) < 4.78 is 14.6. The van der Waals surface area contributed by atoms with E-state index in [-0.39, 0.29) is 24.5 Å². The summed E-state index contributed by atoms with van der Waals surface area (Å²) in [6.07, 6.45) is 0. The summed E-state index contributed by atoms with van der Waals surface area (Å²) in [7, 11) is 0. The van der Waals surface area contributed by atoms with E-state index >= 15 is 0 Å². The Labute approximate surface area is 130 Å². The van der Waals surface area contributed by atoms with Crippen LogP contribution >= 0.6 is 11.3 Å². The molecule has 114 valence electrons. The molecule has 0 bridgehead atoms. The molecule has 0 fully saturated rings. The zero-order chi connectivity index (χ0) is 15.9. The maximum atomic E-state index is 13.1. The molecule has 0 saturated heterocycles. The van der Waals surface area contributed by atoms with Gasteiger partial charge >= 0.3 is 0 Å². The Kier molecular flexibility index (Phi) is 3.80. The fraction of sp³-hybridized carbons (Fsp3) is 0.250. The Morgan fingerprint density at radius 3 is 2.59 bits per heavy atom. The normalized spacial score (nSPS) is 11.3. The molecule has 2 heterocycles. The second-order valence-electron chi connectivity index (χ2n) is 5.06. The third kappa shape index (κ3) is 2.34. The minimum absolute atomic E-state index is 0.122. The van der Waals surface area contributed by atoms with Crippen molar-refractivity contribution in [2.45, 2.75) is 20.4 Å². The van der Waals surface area contributed by atoms with Gasteiger partial charge in [-0.05, 0) is 31.5 Å². The molecule has 0 aliphatic carbocycles. The van der Waals surface area contributed by atoms with Gasteiger partial charge in [0.05, 0.1) is 18.5 Å². The molecule has 0 amide bonds. The van der Waals surface area contributed by atoms with Gasteiger partial charge < -0.3 is 5.11 Å². The van der Waals surface area contributed by atoms with Gasteiger partial charge in [0.1, 0.15) is 16.5 Å². The van der Waals surface area contributed by atoms with Crippen molar-refractivity contribution in [3.05, 3.63) is 51.1 Å². The lowest BCUT2D eigenvalue weighted by Gasteiger charge is -2.08. The van der Waals surface area contributed by atoms with Gasteiger partial charge in [0, 0.05) is 10.4 Å². The molecule has 2 aromatic heterocycles. The molecule has 6 heteroatoms. The van der Waals surface area contributed by atoms with E-state index in [0.717, 1.165) is 16.0 Å². The number of nitrogens with zero attached hydrogens (tertiary/aromatic N) is 2. The van der Waals surface area contributed by atoms with Crippen LogP contribution in [0.2, 0.25) is 0 Å². The summed E-state index contributed by atoms with van der Waals surface area (Å²) in [6, 6.07) is 6.09. The average Bonchev–Trinajstić information content (AvgIpc) is 2.80. The van der Waals surface area contributed by atoms with Crippen molar-refractivity contribution in [2.24, 2.45) is 0 Å². The Hall–Kier alpha value is -2.05. The second kappa shape index (κ2) is 5.62. The van der Waals surface area contributed by atoms with Crippen LogP contribution in [0.4, 0.5) is 4.39 Å². The zero-order valence-electron chi connectivity index (χ0n) is 12.3. The molecule has 4 nitrogen and oxygen atoms in total. The van der Waals surface area contributed by atoms with E-state index in [4.69, 9.17) is 5.11 Å². The summed E-state index contributed by atoms with van der Waals surface area (Å²) >= 11 is 1.45. The number of aliphatic hydroxyl groups excluding tert-OH is 1. The van der Waals surface area contributed by atoms with Gasteiger partial charge in [0.2, 0.25) is 0 Å². The zero-order valence-corrected chi connectivity index (χ0v) is 13.1. The summed E-state index contributed by atoms with van der Waals surface area (Å²) in [5.74, 6) is 0.269. The number of aromatic nitrogens is 2. The molecular formula is C16H15FN2O2S. The van der Waals surface area contributed by atoms with Crippen LogP contribution in [0.5, 0.6) is 0 Å². The molecule has 0 spiro atoms. The highest BCUT2D eigenvalue weighted by Gasteiger charge is 2.18. The number of fused-ring (bicyclic) bond motifs is 1. The van der Waals surface area contributed by atoms with Crippen molar-refractivity contribution in [1.82, 2.24) is 9.55 Å². The predicted octanol–water partition coefficient (Wildman–Crippen LogP) is 2.87. The lowest BCUT2D eigenvalue weighted by atomic mass is 10.0. The van der Waals surface area contributed by atoms with E-state index in [9.17, 15) is 9.18 Å². The van der Waals surface area contributed by atoms with E-state index in [1.54, 1.807) is 19.1 Å². The molecule has 0 aliphatic rings. The van der Waals surface area contributed by atoms with Crippen LogP contribution in [-0.2, 0) is 6.54 Å². The van der Waals surface area contributed by atoms with Crippen molar-refractivity contribution < 1.29 is 9.50 Å². The van der Waals surface area contributed by atoms with E-state index in [1.807, 2.05) is 6.92 Å². The Morgan fingerprint density at radius 1 is 1.27 bits per heavy atom. The van der Waals surface area contributed by atoms with Crippen molar-refractivity contribution in [3.63, 3.8) is 0 Å². The fourth-order valence-corrected chi connectivity index (χ4v) is 3.71. The first-order valence-corrected chi connectivity index (χ1v) is 7.72. The standard InChI is InChI=1S/C16H15FN2O2S/c1-9-13(11-3-5-12(17)6-4-11)14-15(22-9)18-10(2)19(7-8-20)16(14)21/h3-6,20H,7-8H2,1-2H3. The van der Waals surface area contributed by atoms with E-state index < -0.39 is 0 Å². The maximum Gasteiger partial charge on any atom is 0.262 e. The SMILES string of the molecule is Cc1sc2nc(C)n(CCO)c(=O)c2c1-c1ccc(F)cc1. The van der Waals surface area contributed by atoms with E-state index in [1.165, 1.54) is 28.0 Å². The Balaban J connectivity index is 2.35. The Morgan fingerprint density at radius 2 is 1.95 bits per heavy atom. The monoisotopic (exact) mass is 318 g/mol. The third-order valence-electron chi connectivity index (χ3n) is 3.64. The van der Waals surface area contributed by atoms with Crippen LogP contribution in [0.3, 0.4) is 0 Å². The van der Waals surface area contributed by atoms with Crippen molar-refractivity contribution >= 4 is 21.6 Å². The number of rotatable bonds is 3. The Bertz CT molecular complexity index is 897. The molecule has 3 aromatic rings. The predicted molar refractivity (Wildman–Crippen MR) is 85.8 cm³/mol. The van der Waals surface area contributed by atoms with Crippen molar-refractivity contribution in [3.8, 4) is 11.1 Å². The van der Waals surface area contributed by atoms with Gasteiger partial charge in [-0.25, -0.2) is 9.37 Å². The van der Waals surface area contributed by atoms with Crippen LogP contribution < -0.4 is 5.56 Å².